The van der Waals surface area contributed by atoms with Crippen LogP contribution in [0.5, 0.6) is 0 Å². The third kappa shape index (κ3) is 3.68. The normalized spacial score (nSPS) is 40.9. The standard InChI is InChI=1S/C36H44N4O2/c41-35-16-7-3-1-2-4-8-19-39-21-15-29(34(24-39)23-36-17-13-25(42-36)10-9-20-40(36)33(34)35)28(22-35)31-32-27(14-18-37-31)26-11-5-6-12-30(26)38-32/h1,3,5-6,11-12,14,18,22,25,29,33,38,41H,2,4,7-10,13,15-17,19-21,23-24H2/b3-1+/t25-,29?,33+,34-,35-,36+/m0/s1. The summed E-state index contributed by atoms with van der Waals surface area (Å²) in [4.78, 5) is 14.3. The maximum Gasteiger partial charge on any atom is 0.123 e. The van der Waals surface area contributed by atoms with E-state index in [1.165, 1.54) is 29.2 Å². The minimum atomic E-state index is -0.946. The fraction of sp³-hybridized carbons (Fsp3) is 0.583. The van der Waals surface area contributed by atoms with Gasteiger partial charge in [0.2, 0.25) is 0 Å². The smallest absolute Gasteiger partial charge is 0.123 e. The highest BCUT2D eigenvalue weighted by Crippen LogP contribution is 2.66. The van der Waals surface area contributed by atoms with Gasteiger partial charge in [-0.3, -0.25) is 9.88 Å². The molecule has 2 spiro atoms. The Kier molecular flexibility index (Phi) is 5.86. The van der Waals surface area contributed by atoms with Crippen LogP contribution in [-0.2, 0) is 4.74 Å². The molecule has 3 aromatic rings. The number of nitrogens with one attached hydrogen (secondary N) is 1. The number of fused-ring (bicyclic) bond motifs is 5. The molecule has 6 nitrogen and oxygen atoms in total. The molecule has 2 aromatic heterocycles. The number of benzene rings is 1. The van der Waals surface area contributed by atoms with Crippen LogP contribution in [0.1, 0.15) is 76.3 Å². The predicted octanol–water partition coefficient (Wildman–Crippen LogP) is 6.42. The van der Waals surface area contributed by atoms with Crippen molar-refractivity contribution in [3.63, 3.8) is 0 Å². The molecule has 2 N–H and O–H groups in total. The molecular formula is C36H44N4O2. The Morgan fingerprint density at radius 2 is 1.86 bits per heavy atom. The first-order valence-corrected chi connectivity index (χ1v) is 16.7. The molecule has 7 heterocycles. The first-order chi connectivity index (χ1) is 20.6. The molecule has 6 aliphatic rings. The summed E-state index contributed by atoms with van der Waals surface area (Å²) in [6.45, 7) is 4.35. The van der Waals surface area contributed by atoms with Crippen molar-refractivity contribution < 1.29 is 9.84 Å². The molecular weight excluding hydrogens is 520 g/mol. The maximum absolute atomic E-state index is 13.2. The van der Waals surface area contributed by atoms with Crippen LogP contribution in [0.4, 0.5) is 0 Å². The van der Waals surface area contributed by atoms with Gasteiger partial charge in [-0.25, -0.2) is 0 Å². The lowest BCUT2D eigenvalue weighted by Crippen LogP contribution is -2.66. The van der Waals surface area contributed by atoms with Gasteiger partial charge in [-0.2, -0.15) is 0 Å². The molecule has 5 bridgehead atoms. The summed E-state index contributed by atoms with van der Waals surface area (Å²) in [7, 11) is 0. The predicted molar refractivity (Wildman–Crippen MR) is 167 cm³/mol. The number of rotatable bonds is 1. The molecule has 5 aliphatic heterocycles. The second-order valence-electron chi connectivity index (χ2n) is 14.3. The highest BCUT2D eigenvalue weighted by molar-refractivity contribution is 6.09. The Labute approximate surface area is 248 Å². The zero-order valence-corrected chi connectivity index (χ0v) is 24.7. The largest absolute Gasteiger partial charge is 0.384 e. The van der Waals surface area contributed by atoms with Crippen LogP contribution in [0.3, 0.4) is 0 Å². The lowest BCUT2D eigenvalue weighted by Gasteiger charge is -2.58. The second-order valence-corrected chi connectivity index (χ2v) is 14.3. The average Bonchev–Trinajstić information content (AvgIpc) is 3.61. The molecule has 42 heavy (non-hydrogen) atoms. The fourth-order valence-corrected chi connectivity index (χ4v) is 10.6. The van der Waals surface area contributed by atoms with Crippen molar-refractivity contribution in [2.75, 3.05) is 26.2 Å². The molecule has 1 aliphatic carbocycles. The number of para-hydroxylation sites is 1. The summed E-state index contributed by atoms with van der Waals surface area (Å²) in [5.41, 5.74) is 3.32. The number of allylic oxidation sites excluding steroid dienone is 3. The zero-order chi connectivity index (χ0) is 27.9. The van der Waals surface area contributed by atoms with Gasteiger partial charge in [0.05, 0.1) is 29.0 Å². The Bertz CT molecular complexity index is 1590. The molecule has 0 amide bonds. The number of aromatic nitrogens is 2. The van der Waals surface area contributed by atoms with E-state index in [9.17, 15) is 5.11 Å². The van der Waals surface area contributed by atoms with Gasteiger partial charge < -0.3 is 19.7 Å². The van der Waals surface area contributed by atoms with Gasteiger partial charge in [-0.1, -0.05) is 30.4 Å². The van der Waals surface area contributed by atoms with Crippen molar-refractivity contribution in [3.05, 3.63) is 60.5 Å². The molecule has 0 saturated carbocycles. The molecule has 4 fully saturated rings. The van der Waals surface area contributed by atoms with Gasteiger partial charge >= 0.3 is 0 Å². The molecule has 1 aromatic carbocycles. The lowest BCUT2D eigenvalue weighted by molar-refractivity contribution is -0.145. The van der Waals surface area contributed by atoms with Crippen molar-refractivity contribution in [3.8, 4) is 0 Å². The summed E-state index contributed by atoms with van der Waals surface area (Å²) in [5, 5.41) is 15.7. The van der Waals surface area contributed by atoms with E-state index in [0.717, 1.165) is 101 Å². The van der Waals surface area contributed by atoms with Gasteiger partial charge in [-0.05, 0) is 113 Å². The van der Waals surface area contributed by atoms with Crippen LogP contribution in [0.25, 0.3) is 27.4 Å². The molecule has 9 rings (SSSR count). The van der Waals surface area contributed by atoms with Crippen LogP contribution in [0, 0.1) is 11.3 Å². The maximum atomic E-state index is 13.2. The summed E-state index contributed by atoms with van der Waals surface area (Å²) in [6.07, 6.45) is 21.3. The lowest BCUT2D eigenvalue weighted by atomic mass is 9.54. The van der Waals surface area contributed by atoms with Gasteiger partial charge in [0, 0.05) is 41.0 Å². The van der Waals surface area contributed by atoms with Crippen molar-refractivity contribution in [2.24, 2.45) is 11.3 Å². The van der Waals surface area contributed by atoms with E-state index in [1.807, 2.05) is 6.20 Å². The Balaban J connectivity index is 1.27. The summed E-state index contributed by atoms with van der Waals surface area (Å²) in [6, 6.07) is 10.8. The number of nitrogens with zero attached hydrogens (tertiary/aromatic N) is 3. The zero-order valence-electron chi connectivity index (χ0n) is 24.7. The SMILES string of the molecule is O[C@]12C=C(c3nccc4c3[nH]c3ccccc34)C3CCN(CCCC/C=C/CC1)C[C@@]31C[C@]34CC[C@H](CCCN3[C@H]12)O4. The van der Waals surface area contributed by atoms with Crippen LogP contribution in [-0.4, -0.2) is 74.5 Å². The number of pyridine rings is 1. The van der Waals surface area contributed by atoms with E-state index in [4.69, 9.17) is 9.72 Å². The summed E-state index contributed by atoms with van der Waals surface area (Å²) >= 11 is 0. The van der Waals surface area contributed by atoms with Crippen molar-refractivity contribution in [1.82, 2.24) is 19.8 Å². The third-order valence-corrected chi connectivity index (χ3v) is 12.0. The highest BCUT2D eigenvalue weighted by atomic mass is 16.5. The van der Waals surface area contributed by atoms with E-state index < -0.39 is 5.60 Å². The van der Waals surface area contributed by atoms with Crippen LogP contribution >= 0.6 is 0 Å². The highest BCUT2D eigenvalue weighted by Gasteiger charge is 2.71. The van der Waals surface area contributed by atoms with Crippen LogP contribution in [0.2, 0.25) is 0 Å². The van der Waals surface area contributed by atoms with E-state index in [-0.39, 0.29) is 17.2 Å². The minimum Gasteiger partial charge on any atom is -0.384 e. The fourth-order valence-electron chi connectivity index (χ4n) is 10.6. The molecule has 0 radical (unpaired) electrons. The van der Waals surface area contributed by atoms with Gasteiger partial charge in [0.1, 0.15) is 5.72 Å². The van der Waals surface area contributed by atoms with E-state index in [0.29, 0.717) is 12.0 Å². The Morgan fingerprint density at radius 1 is 0.929 bits per heavy atom. The number of aromatic amines is 1. The Hall–Kier alpha value is -2.51. The minimum absolute atomic E-state index is 0.0643. The monoisotopic (exact) mass is 564 g/mol. The van der Waals surface area contributed by atoms with E-state index >= 15 is 0 Å². The number of ether oxygens (including phenoxy) is 1. The van der Waals surface area contributed by atoms with Crippen LogP contribution in [0.15, 0.2) is 54.8 Å². The second kappa shape index (κ2) is 9.49. The quantitative estimate of drug-likeness (QED) is 0.334. The van der Waals surface area contributed by atoms with E-state index in [1.54, 1.807) is 0 Å². The molecule has 2 unspecified atom stereocenters. The molecule has 220 valence electrons. The molecule has 6 heteroatoms. The number of hydrogen-bond acceptors (Lipinski definition) is 5. The number of hydrogen-bond donors (Lipinski definition) is 2. The van der Waals surface area contributed by atoms with Crippen molar-refractivity contribution in [2.45, 2.75) is 94.1 Å². The summed E-state index contributed by atoms with van der Waals surface area (Å²) < 4.78 is 7.08. The van der Waals surface area contributed by atoms with Gasteiger partial charge in [0.25, 0.3) is 0 Å². The first-order valence-electron chi connectivity index (χ1n) is 16.7. The van der Waals surface area contributed by atoms with Crippen molar-refractivity contribution in [1.29, 1.82) is 0 Å². The number of piperidine rings is 1. The number of H-pyrrole nitrogens is 1. The average molecular weight is 565 g/mol. The molecule has 7 atom stereocenters. The number of aliphatic hydroxyl groups is 1. The van der Waals surface area contributed by atoms with Crippen LogP contribution < -0.4 is 0 Å². The third-order valence-electron chi connectivity index (χ3n) is 12.0. The van der Waals surface area contributed by atoms with Gasteiger partial charge in [-0.15, -0.1) is 0 Å². The summed E-state index contributed by atoms with van der Waals surface area (Å²) in [5.74, 6) is 0.341. The van der Waals surface area contributed by atoms with Crippen molar-refractivity contribution >= 4 is 27.4 Å². The van der Waals surface area contributed by atoms with Gasteiger partial charge in [0.15, 0.2) is 0 Å². The first kappa shape index (κ1) is 25.9. The Morgan fingerprint density at radius 3 is 2.83 bits per heavy atom. The molecule has 4 saturated heterocycles. The topological polar surface area (TPSA) is 64.6 Å². The van der Waals surface area contributed by atoms with E-state index in [2.05, 4.69) is 63.3 Å².